The highest BCUT2D eigenvalue weighted by molar-refractivity contribution is 7.99. The Hall–Kier alpha value is -2.85. The normalized spacial score (nSPS) is 11.0. The zero-order valence-corrected chi connectivity index (χ0v) is 15.5. The molecule has 0 amide bonds. The highest BCUT2D eigenvalue weighted by Gasteiger charge is 2.17. The van der Waals surface area contributed by atoms with Gasteiger partial charge in [0.2, 0.25) is 0 Å². The largest absolute Gasteiger partial charge is 0.480 e. The minimum absolute atomic E-state index is 0.0352. The minimum Gasteiger partial charge on any atom is -0.480 e. The molecule has 142 valence electrons. The molecule has 3 rings (SSSR count). The van der Waals surface area contributed by atoms with E-state index in [1.807, 2.05) is 30.3 Å². The molecule has 0 unspecified atom stereocenters. The van der Waals surface area contributed by atoms with Crippen LogP contribution in [0.3, 0.4) is 0 Å². The predicted octanol–water partition coefficient (Wildman–Crippen LogP) is 1.44. The van der Waals surface area contributed by atoms with Gasteiger partial charge in [0.15, 0.2) is 22.1 Å². The summed E-state index contributed by atoms with van der Waals surface area (Å²) < 4.78 is 11.4. The van der Waals surface area contributed by atoms with Crippen LogP contribution in [0.15, 0.2) is 35.5 Å². The average molecular weight is 389 g/mol. The number of esters is 1. The molecule has 0 spiro atoms. The summed E-state index contributed by atoms with van der Waals surface area (Å²) in [5, 5.41) is 10.5. The Morgan fingerprint density at radius 3 is 2.74 bits per heavy atom. The van der Waals surface area contributed by atoms with Gasteiger partial charge in [-0.3, -0.25) is 9.36 Å². The van der Waals surface area contributed by atoms with Crippen LogP contribution in [0, 0.1) is 0 Å². The lowest BCUT2D eigenvalue weighted by Gasteiger charge is -2.07. The van der Waals surface area contributed by atoms with Crippen molar-refractivity contribution in [1.29, 1.82) is 0 Å². The number of ether oxygens (including phenoxy) is 2. The van der Waals surface area contributed by atoms with E-state index in [0.717, 1.165) is 17.3 Å². The van der Waals surface area contributed by atoms with Crippen molar-refractivity contribution in [1.82, 2.24) is 19.5 Å². The Balaban J connectivity index is 1.80. The number of nitrogens with zero attached hydrogens (tertiary/aromatic N) is 4. The maximum Gasteiger partial charge on any atom is 0.316 e. The quantitative estimate of drug-likeness (QED) is 0.255. The molecule has 2 heterocycles. The van der Waals surface area contributed by atoms with Crippen LogP contribution in [0.25, 0.3) is 11.2 Å². The molecule has 3 aromatic rings. The van der Waals surface area contributed by atoms with Crippen molar-refractivity contribution in [2.24, 2.45) is 0 Å². The zero-order valence-electron chi connectivity index (χ0n) is 14.7. The molecular weight excluding hydrogens is 370 g/mol. The van der Waals surface area contributed by atoms with Crippen molar-refractivity contribution >= 4 is 34.7 Å². The number of rotatable bonds is 8. The second kappa shape index (κ2) is 8.69. The Morgan fingerprint density at radius 1 is 1.22 bits per heavy atom. The van der Waals surface area contributed by atoms with E-state index in [1.165, 1.54) is 7.11 Å². The Kier molecular flexibility index (Phi) is 6.09. The van der Waals surface area contributed by atoms with E-state index < -0.39 is 5.97 Å². The molecule has 0 saturated carbocycles. The Bertz CT molecular complexity index is 932. The van der Waals surface area contributed by atoms with Gasteiger partial charge >= 0.3 is 5.97 Å². The first kappa shape index (κ1) is 18.9. The number of hydrogen-bond donors (Lipinski definition) is 2. The van der Waals surface area contributed by atoms with Gasteiger partial charge in [-0.05, 0) is 5.56 Å². The van der Waals surface area contributed by atoms with Gasteiger partial charge in [-0.25, -0.2) is 9.97 Å². The van der Waals surface area contributed by atoms with Gasteiger partial charge in [0.1, 0.15) is 6.61 Å². The molecule has 1 aromatic carbocycles. The van der Waals surface area contributed by atoms with Crippen LogP contribution in [-0.2, 0) is 20.8 Å². The van der Waals surface area contributed by atoms with E-state index in [4.69, 9.17) is 15.2 Å². The lowest BCUT2D eigenvalue weighted by atomic mass is 10.2. The van der Waals surface area contributed by atoms with Gasteiger partial charge in [0.05, 0.1) is 18.9 Å². The fourth-order valence-electron chi connectivity index (χ4n) is 2.37. The molecule has 0 aliphatic carbocycles. The number of nitrogen functional groups attached to an aromatic ring is 1. The third-order valence-electron chi connectivity index (χ3n) is 3.63. The van der Waals surface area contributed by atoms with Crippen LogP contribution in [0.1, 0.15) is 5.56 Å². The number of aromatic hydroxyl groups is 1. The number of hydrogen-bond acceptors (Lipinski definition) is 9. The number of benzene rings is 1. The number of thioether (sulfide) groups is 1. The first-order valence-electron chi connectivity index (χ1n) is 8.12. The smallest absolute Gasteiger partial charge is 0.316 e. The summed E-state index contributed by atoms with van der Waals surface area (Å²) in [5.74, 6) is -0.231. The van der Waals surface area contributed by atoms with E-state index >= 15 is 0 Å². The van der Waals surface area contributed by atoms with Crippen molar-refractivity contribution < 1.29 is 19.4 Å². The van der Waals surface area contributed by atoms with Gasteiger partial charge in [-0.1, -0.05) is 42.1 Å². The molecule has 0 fully saturated rings. The molecule has 3 N–H and O–H groups in total. The summed E-state index contributed by atoms with van der Waals surface area (Å²) in [7, 11) is 1.53. The first-order valence-corrected chi connectivity index (χ1v) is 9.11. The fourth-order valence-corrected chi connectivity index (χ4v) is 3.01. The van der Waals surface area contributed by atoms with Crippen LogP contribution >= 0.6 is 11.8 Å². The van der Waals surface area contributed by atoms with Crippen LogP contribution in [0.2, 0.25) is 0 Å². The fraction of sp³-hybridized carbons (Fsp3) is 0.294. The highest BCUT2D eigenvalue weighted by Crippen LogP contribution is 2.26. The van der Waals surface area contributed by atoms with Crippen molar-refractivity contribution in [3.05, 3.63) is 35.9 Å². The Morgan fingerprint density at radius 2 is 2.00 bits per heavy atom. The molecule has 0 aliphatic rings. The lowest BCUT2D eigenvalue weighted by Crippen LogP contribution is -2.12. The molecule has 9 nitrogen and oxygen atoms in total. The number of anilines is 1. The van der Waals surface area contributed by atoms with E-state index in [9.17, 15) is 9.90 Å². The van der Waals surface area contributed by atoms with Gasteiger partial charge in [0, 0.05) is 7.11 Å². The van der Waals surface area contributed by atoms with E-state index in [2.05, 4.69) is 15.0 Å². The highest BCUT2D eigenvalue weighted by atomic mass is 32.2. The molecular formula is C17H19N5O4S. The van der Waals surface area contributed by atoms with Crippen LogP contribution < -0.4 is 5.73 Å². The van der Waals surface area contributed by atoms with Gasteiger partial charge < -0.3 is 20.3 Å². The van der Waals surface area contributed by atoms with Crippen molar-refractivity contribution in [2.45, 2.75) is 11.7 Å². The average Bonchev–Trinajstić information content (AvgIpc) is 2.97. The van der Waals surface area contributed by atoms with Crippen molar-refractivity contribution in [2.75, 3.05) is 31.8 Å². The minimum atomic E-state index is -0.403. The summed E-state index contributed by atoms with van der Waals surface area (Å²) >= 11 is 1.10. The number of carbonyl (C=O) groups excluding carboxylic acids is 1. The number of aromatic nitrogens is 4. The van der Waals surface area contributed by atoms with Crippen LogP contribution in [0.5, 0.6) is 6.01 Å². The van der Waals surface area contributed by atoms with Gasteiger partial charge in [-0.15, -0.1) is 0 Å². The Labute approximate surface area is 159 Å². The summed E-state index contributed by atoms with van der Waals surface area (Å²) in [5.41, 5.74) is 7.64. The molecule has 0 bridgehead atoms. The molecule has 0 aliphatic heterocycles. The first-order chi connectivity index (χ1) is 13.1. The van der Waals surface area contributed by atoms with Gasteiger partial charge in [0.25, 0.3) is 6.01 Å². The second-order valence-corrected chi connectivity index (χ2v) is 6.49. The lowest BCUT2D eigenvalue weighted by molar-refractivity contribution is -0.141. The number of methoxy groups -OCH3 is 1. The molecule has 0 saturated heterocycles. The topological polar surface area (TPSA) is 125 Å². The number of carbonyl (C=O) groups is 1. The van der Waals surface area contributed by atoms with E-state index in [-0.39, 0.29) is 24.2 Å². The van der Waals surface area contributed by atoms with E-state index in [0.29, 0.717) is 29.5 Å². The van der Waals surface area contributed by atoms with Crippen LogP contribution in [0.4, 0.5) is 5.82 Å². The van der Waals surface area contributed by atoms with Crippen LogP contribution in [-0.4, -0.2) is 56.7 Å². The summed E-state index contributed by atoms with van der Waals surface area (Å²) in [6.45, 7) is 0.905. The van der Waals surface area contributed by atoms with Crippen molar-refractivity contribution in [3.8, 4) is 6.01 Å². The molecule has 27 heavy (non-hydrogen) atoms. The maximum atomic E-state index is 11.7. The summed E-state index contributed by atoms with van der Waals surface area (Å²) in [4.78, 5) is 24.3. The van der Waals surface area contributed by atoms with Gasteiger partial charge in [-0.2, -0.15) is 4.98 Å². The number of fused-ring (bicyclic) bond motifs is 1. The summed E-state index contributed by atoms with van der Waals surface area (Å²) in [6.07, 6.45) is 0. The standard InChI is InChI=1S/C17H19N5O4S/c1-25-7-8-26-12(23)10-27-16-20-14(18)13-15(21-16)22(17(24)19-13)9-11-5-3-2-4-6-11/h2-6H,7-10H2,1H3,(H,19,24)(H2,18,20,21). The summed E-state index contributed by atoms with van der Waals surface area (Å²) in [6, 6.07) is 9.39. The maximum absolute atomic E-state index is 11.7. The number of nitrogens with two attached hydrogens (primary N) is 1. The molecule has 0 radical (unpaired) electrons. The number of imidazole rings is 1. The molecule has 2 aromatic heterocycles. The van der Waals surface area contributed by atoms with E-state index in [1.54, 1.807) is 4.57 Å². The molecule has 0 atom stereocenters. The monoisotopic (exact) mass is 389 g/mol. The second-order valence-electron chi connectivity index (χ2n) is 5.55. The third-order valence-corrected chi connectivity index (χ3v) is 4.45. The predicted molar refractivity (Wildman–Crippen MR) is 101 cm³/mol. The SMILES string of the molecule is COCCOC(=O)CSc1nc(N)c2nc(O)n(Cc3ccccc3)c2n1. The zero-order chi connectivity index (χ0) is 19.2. The molecule has 10 heteroatoms. The van der Waals surface area contributed by atoms with Crippen molar-refractivity contribution in [3.63, 3.8) is 0 Å². The third kappa shape index (κ3) is 4.66.